The molecule has 1 heterocycles. The first-order valence-electron chi connectivity index (χ1n) is 8.35. The van der Waals surface area contributed by atoms with E-state index in [0.717, 1.165) is 17.3 Å². The highest BCUT2D eigenvalue weighted by atomic mass is 16.5. The van der Waals surface area contributed by atoms with E-state index in [9.17, 15) is 0 Å². The fraction of sp³-hybridized carbons (Fsp3) is 0.200. The zero-order valence-corrected chi connectivity index (χ0v) is 14.5. The molecule has 5 nitrogen and oxygen atoms in total. The second-order valence-electron chi connectivity index (χ2n) is 5.69. The minimum atomic E-state index is 0.594. The van der Waals surface area contributed by atoms with Crippen LogP contribution in [0.5, 0.6) is 5.75 Å². The molecule has 0 aliphatic rings. The Kier molecular flexibility index (Phi) is 5.46. The van der Waals surface area contributed by atoms with Gasteiger partial charge in [0.25, 0.3) is 0 Å². The Morgan fingerprint density at radius 1 is 0.960 bits per heavy atom. The van der Waals surface area contributed by atoms with Gasteiger partial charge < -0.3 is 15.4 Å². The minimum Gasteiger partial charge on any atom is -0.494 e. The summed E-state index contributed by atoms with van der Waals surface area (Å²) in [6.45, 7) is 5.40. The molecule has 0 radical (unpaired) electrons. The number of aryl methyl sites for hydroxylation is 1. The lowest BCUT2D eigenvalue weighted by molar-refractivity contribution is 0.340. The Hall–Kier alpha value is -3.08. The van der Waals surface area contributed by atoms with Gasteiger partial charge in [-0.3, -0.25) is 0 Å². The average Bonchev–Trinajstić information content (AvgIpc) is 2.64. The van der Waals surface area contributed by atoms with Crippen LogP contribution in [0.15, 0.2) is 60.8 Å². The zero-order valence-electron chi connectivity index (χ0n) is 14.5. The lowest BCUT2D eigenvalue weighted by Crippen LogP contribution is -2.05. The van der Waals surface area contributed by atoms with Crippen molar-refractivity contribution < 1.29 is 4.74 Å². The fourth-order valence-electron chi connectivity index (χ4n) is 2.35. The molecule has 25 heavy (non-hydrogen) atoms. The minimum absolute atomic E-state index is 0.594. The summed E-state index contributed by atoms with van der Waals surface area (Å²) in [7, 11) is 0. The summed E-state index contributed by atoms with van der Waals surface area (Å²) in [5.74, 6) is 2.19. The van der Waals surface area contributed by atoms with Crippen molar-refractivity contribution in [2.45, 2.75) is 20.4 Å². The molecule has 2 N–H and O–H groups in total. The normalized spacial score (nSPS) is 10.3. The first-order valence-corrected chi connectivity index (χ1v) is 8.35. The Labute approximate surface area is 148 Å². The van der Waals surface area contributed by atoms with Crippen LogP contribution < -0.4 is 15.4 Å². The van der Waals surface area contributed by atoms with Crippen LogP contribution in [0.1, 0.15) is 18.1 Å². The third-order valence-electron chi connectivity index (χ3n) is 3.66. The van der Waals surface area contributed by atoms with E-state index in [1.165, 1.54) is 11.1 Å². The van der Waals surface area contributed by atoms with Crippen molar-refractivity contribution in [2.75, 3.05) is 17.2 Å². The maximum absolute atomic E-state index is 5.45. The Morgan fingerprint density at radius 2 is 1.72 bits per heavy atom. The summed E-state index contributed by atoms with van der Waals surface area (Å²) >= 11 is 0. The van der Waals surface area contributed by atoms with E-state index >= 15 is 0 Å². The molecule has 0 aliphatic heterocycles. The molecule has 1 aromatic heterocycles. The fourth-order valence-corrected chi connectivity index (χ4v) is 2.35. The summed E-state index contributed by atoms with van der Waals surface area (Å²) in [6, 6.07) is 18.0. The quantitative estimate of drug-likeness (QED) is 0.664. The number of anilines is 3. The van der Waals surface area contributed by atoms with Crippen LogP contribution in [0, 0.1) is 6.92 Å². The summed E-state index contributed by atoms with van der Waals surface area (Å²) < 4.78 is 5.45. The number of aromatic nitrogens is 2. The largest absolute Gasteiger partial charge is 0.494 e. The number of benzene rings is 2. The molecule has 0 saturated carbocycles. The molecule has 0 saturated heterocycles. The van der Waals surface area contributed by atoms with Gasteiger partial charge in [0.2, 0.25) is 5.95 Å². The highest BCUT2D eigenvalue weighted by Crippen LogP contribution is 2.19. The van der Waals surface area contributed by atoms with E-state index < -0.39 is 0 Å². The van der Waals surface area contributed by atoms with Crippen LogP contribution in [0.25, 0.3) is 0 Å². The second kappa shape index (κ2) is 8.15. The van der Waals surface area contributed by atoms with E-state index in [4.69, 9.17) is 4.74 Å². The van der Waals surface area contributed by atoms with Gasteiger partial charge >= 0.3 is 0 Å². The van der Waals surface area contributed by atoms with E-state index in [1.54, 1.807) is 6.20 Å². The second-order valence-corrected chi connectivity index (χ2v) is 5.69. The van der Waals surface area contributed by atoms with Crippen LogP contribution in [0.3, 0.4) is 0 Å². The molecule has 128 valence electrons. The number of rotatable bonds is 7. The average molecular weight is 334 g/mol. The monoisotopic (exact) mass is 334 g/mol. The maximum atomic E-state index is 5.45. The number of hydrogen-bond acceptors (Lipinski definition) is 5. The number of nitrogens with one attached hydrogen (secondary N) is 2. The van der Waals surface area contributed by atoms with Gasteiger partial charge in [0, 0.05) is 18.4 Å². The molecule has 0 fully saturated rings. The lowest BCUT2D eigenvalue weighted by Gasteiger charge is -2.09. The SMILES string of the molecule is CCOc1ccc(Nc2ccnc(NCc3ccc(C)cc3)n2)cc1. The molecule has 0 amide bonds. The van der Waals surface area contributed by atoms with Crippen molar-refractivity contribution in [1.82, 2.24) is 9.97 Å². The third-order valence-corrected chi connectivity index (χ3v) is 3.66. The molecular formula is C20H22N4O. The van der Waals surface area contributed by atoms with E-state index in [1.807, 2.05) is 37.3 Å². The van der Waals surface area contributed by atoms with Crippen LogP contribution in [0.4, 0.5) is 17.5 Å². The van der Waals surface area contributed by atoms with Crippen molar-refractivity contribution in [1.29, 1.82) is 0 Å². The van der Waals surface area contributed by atoms with E-state index in [2.05, 4.69) is 51.8 Å². The van der Waals surface area contributed by atoms with Crippen molar-refractivity contribution in [3.63, 3.8) is 0 Å². The van der Waals surface area contributed by atoms with E-state index in [0.29, 0.717) is 19.1 Å². The van der Waals surface area contributed by atoms with Gasteiger partial charge in [0.1, 0.15) is 11.6 Å². The molecule has 3 rings (SSSR count). The van der Waals surface area contributed by atoms with Crippen LogP contribution in [-0.2, 0) is 6.54 Å². The Morgan fingerprint density at radius 3 is 2.44 bits per heavy atom. The zero-order chi connectivity index (χ0) is 17.5. The highest BCUT2D eigenvalue weighted by Gasteiger charge is 2.01. The van der Waals surface area contributed by atoms with Crippen LogP contribution in [-0.4, -0.2) is 16.6 Å². The smallest absolute Gasteiger partial charge is 0.224 e. The topological polar surface area (TPSA) is 59.1 Å². The molecule has 2 aromatic carbocycles. The lowest BCUT2D eigenvalue weighted by atomic mass is 10.1. The summed E-state index contributed by atoms with van der Waals surface area (Å²) in [6.07, 6.45) is 1.74. The van der Waals surface area contributed by atoms with E-state index in [-0.39, 0.29) is 0 Å². The summed E-state index contributed by atoms with van der Waals surface area (Å²) in [4.78, 5) is 8.76. The molecule has 5 heteroatoms. The van der Waals surface area contributed by atoms with Crippen LogP contribution in [0.2, 0.25) is 0 Å². The first kappa shape index (κ1) is 16.8. The van der Waals surface area contributed by atoms with Gasteiger partial charge in [-0.05, 0) is 49.7 Å². The summed E-state index contributed by atoms with van der Waals surface area (Å²) in [5, 5.41) is 6.52. The maximum Gasteiger partial charge on any atom is 0.224 e. The van der Waals surface area contributed by atoms with Gasteiger partial charge in [-0.15, -0.1) is 0 Å². The van der Waals surface area contributed by atoms with Gasteiger partial charge in [0.15, 0.2) is 0 Å². The molecule has 0 atom stereocenters. The van der Waals surface area contributed by atoms with Crippen molar-refractivity contribution >= 4 is 17.5 Å². The first-order chi connectivity index (χ1) is 12.2. The molecule has 0 unspecified atom stereocenters. The Bertz CT molecular complexity index is 801. The van der Waals surface area contributed by atoms with Crippen molar-refractivity contribution in [3.05, 3.63) is 71.9 Å². The highest BCUT2D eigenvalue weighted by molar-refractivity contribution is 5.57. The number of nitrogens with zero attached hydrogens (tertiary/aromatic N) is 2. The Balaban J connectivity index is 1.61. The van der Waals surface area contributed by atoms with Crippen LogP contribution >= 0.6 is 0 Å². The molecular weight excluding hydrogens is 312 g/mol. The van der Waals surface area contributed by atoms with Gasteiger partial charge in [-0.25, -0.2) is 4.98 Å². The molecule has 3 aromatic rings. The van der Waals surface area contributed by atoms with Gasteiger partial charge in [-0.2, -0.15) is 4.98 Å². The van der Waals surface area contributed by atoms with Crippen molar-refractivity contribution in [3.8, 4) is 5.75 Å². The summed E-state index contributed by atoms with van der Waals surface area (Å²) in [5.41, 5.74) is 3.40. The molecule has 0 bridgehead atoms. The van der Waals surface area contributed by atoms with Gasteiger partial charge in [-0.1, -0.05) is 29.8 Å². The standard InChI is InChI=1S/C20H22N4O/c1-3-25-18-10-8-17(9-11-18)23-19-12-13-21-20(24-19)22-14-16-6-4-15(2)5-7-16/h4-13H,3,14H2,1-2H3,(H2,21,22,23,24). The molecule has 0 spiro atoms. The number of hydrogen-bond donors (Lipinski definition) is 2. The number of ether oxygens (including phenoxy) is 1. The predicted molar refractivity (Wildman–Crippen MR) is 101 cm³/mol. The van der Waals surface area contributed by atoms with Gasteiger partial charge in [0.05, 0.1) is 6.61 Å². The third kappa shape index (κ3) is 4.94. The van der Waals surface area contributed by atoms with Crippen molar-refractivity contribution in [2.24, 2.45) is 0 Å². The predicted octanol–water partition coefficient (Wildman–Crippen LogP) is 4.54. The molecule has 0 aliphatic carbocycles.